The van der Waals surface area contributed by atoms with E-state index in [1.807, 2.05) is 12.3 Å². The van der Waals surface area contributed by atoms with E-state index in [0.29, 0.717) is 0 Å². The van der Waals surface area contributed by atoms with Gasteiger partial charge in [0.25, 0.3) is 0 Å². The predicted molar refractivity (Wildman–Crippen MR) is 159 cm³/mol. The van der Waals surface area contributed by atoms with Gasteiger partial charge in [0.15, 0.2) is 0 Å². The van der Waals surface area contributed by atoms with Crippen molar-refractivity contribution in [3.63, 3.8) is 0 Å². The van der Waals surface area contributed by atoms with Crippen molar-refractivity contribution in [3.05, 3.63) is 121 Å². The molecule has 3 aromatic heterocycles. The van der Waals surface area contributed by atoms with Crippen LogP contribution < -0.4 is 5.32 Å². The van der Waals surface area contributed by atoms with Crippen LogP contribution in [0.15, 0.2) is 116 Å². The molecular weight excluding hydrogens is 466 g/mol. The van der Waals surface area contributed by atoms with Gasteiger partial charge in [-0.3, -0.25) is 4.57 Å². The van der Waals surface area contributed by atoms with E-state index in [1.54, 1.807) is 12.3 Å². The van der Waals surface area contributed by atoms with E-state index in [2.05, 4.69) is 112 Å². The number of fused-ring (bicyclic) bond motifs is 6. The first-order chi connectivity index (χ1) is 18.7. The van der Waals surface area contributed by atoms with Crippen molar-refractivity contribution < 1.29 is 0 Å². The van der Waals surface area contributed by atoms with E-state index >= 15 is 0 Å². The van der Waals surface area contributed by atoms with Gasteiger partial charge in [-0.15, -0.1) is 0 Å². The lowest BCUT2D eigenvalue weighted by atomic mass is 10.1. The highest BCUT2D eigenvalue weighted by molar-refractivity contribution is 6.12. The van der Waals surface area contributed by atoms with Crippen LogP contribution >= 0.6 is 0 Å². The highest BCUT2D eigenvalue weighted by Gasteiger charge is 2.17. The lowest BCUT2D eigenvalue weighted by Crippen LogP contribution is -1.99. The smallest absolute Gasteiger partial charge is 0.137 e. The van der Waals surface area contributed by atoms with Gasteiger partial charge < -0.3 is 15.3 Å². The van der Waals surface area contributed by atoms with Gasteiger partial charge in [0.1, 0.15) is 5.82 Å². The number of anilines is 1. The number of rotatable bonds is 5. The van der Waals surface area contributed by atoms with Crippen LogP contribution in [-0.2, 0) is 0 Å². The van der Waals surface area contributed by atoms with Crippen LogP contribution in [0.5, 0.6) is 0 Å². The number of nitrogens with zero attached hydrogens (tertiary/aromatic N) is 3. The van der Waals surface area contributed by atoms with Gasteiger partial charge in [-0.2, -0.15) is 0 Å². The van der Waals surface area contributed by atoms with Gasteiger partial charge in [0.05, 0.1) is 22.1 Å². The molecule has 0 atom stereocenters. The number of allylic oxidation sites excluding steroid dienone is 1. The highest BCUT2D eigenvalue weighted by Crippen LogP contribution is 2.37. The molecule has 5 heteroatoms. The summed E-state index contributed by atoms with van der Waals surface area (Å²) in [5.41, 5.74) is 7.78. The Labute approximate surface area is 219 Å². The SMILES string of the molecule is Cc1ccnc(-n2c3ccccc3c3ccc(-n4c5ccccc5c5ccc(N/C=C\C=N)cc54)cc32)c1. The molecule has 0 bridgehead atoms. The topological polar surface area (TPSA) is 58.6 Å². The first-order valence-corrected chi connectivity index (χ1v) is 12.6. The van der Waals surface area contributed by atoms with E-state index in [0.717, 1.165) is 39.3 Å². The third kappa shape index (κ3) is 3.40. The summed E-state index contributed by atoms with van der Waals surface area (Å²) in [6.07, 6.45) is 6.59. The Morgan fingerprint density at radius 1 is 0.684 bits per heavy atom. The van der Waals surface area contributed by atoms with Crippen molar-refractivity contribution in [3.8, 4) is 11.5 Å². The van der Waals surface area contributed by atoms with Crippen LogP contribution in [0.2, 0.25) is 0 Å². The number of hydrogen-bond acceptors (Lipinski definition) is 3. The summed E-state index contributed by atoms with van der Waals surface area (Å²) in [6, 6.07) is 34.4. The van der Waals surface area contributed by atoms with Crippen LogP contribution in [0, 0.1) is 12.3 Å². The molecule has 2 N–H and O–H groups in total. The average Bonchev–Trinajstić information content (AvgIpc) is 3.45. The van der Waals surface area contributed by atoms with Gasteiger partial charge >= 0.3 is 0 Å². The summed E-state index contributed by atoms with van der Waals surface area (Å²) in [6.45, 7) is 2.10. The maximum atomic E-state index is 7.25. The first kappa shape index (κ1) is 22.1. The Balaban J connectivity index is 1.54. The predicted octanol–water partition coefficient (Wildman–Crippen LogP) is 8.16. The fourth-order valence-electron chi connectivity index (χ4n) is 5.52. The zero-order valence-corrected chi connectivity index (χ0v) is 20.9. The van der Waals surface area contributed by atoms with Crippen LogP contribution in [0.3, 0.4) is 0 Å². The monoisotopic (exact) mass is 491 g/mol. The number of benzene rings is 4. The molecule has 0 unspecified atom stereocenters. The Hall–Kier alpha value is -5.16. The van der Waals surface area contributed by atoms with Gasteiger partial charge in [-0.05, 0) is 67.1 Å². The van der Waals surface area contributed by atoms with Crippen molar-refractivity contribution >= 4 is 55.5 Å². The maximum absolute atomic E-state index is 7.25. The summed E-state index contributed by atoms with van der Waals surface area (Å²) in [5, 5.41) is 15.4. The van der Waals surface area contributed by atoms with Crippen LogP contribution in [0.4, 0.5) is 5.69 Å². The molecule has 38 heavy (non-hydrogen) atoms. The second kappa shape index (κ2) is 8.75. The third-order valence-corrected chi connectivity index (χ3v) is 7.16. The summed E-state index contributed by atoms with van der Waals surface area (Å²) >= 11 is 0. The quantitative estimate of drug-likeness (QED) is 0.239. The van der Waals surface area contributed by atoms with Crippen LogP contribution in [0.1, 0.15) is 5.56 Å². The molecule has 0 radical (unpaired) electrons. The van der Waals surface area contributed by atoms with Crippen molar-refractivity contribution in [1.29, 1.82) is 5.41 Å². The summed E-state index contributed by atoms with van der Waals surface area (Å²) < 4.78 is 4.60. The van der Waals surface area contributed by atoms with E-state index in [1.165, 1.54) is 33.3 Å². The minimum Gasteiger partial charge on any atom is -0.362 e. The first-order valence-electron chi connectivity index (χ1n) is 12.6. The standard InChI is InChI=1S/C33H25N5/c1-22-15-18-36-33(19-22)38-30-10-5-3-8-26(30)28-14-12-24(21-32(28)38)37-29-9-4-2-7-25(29)27-13-11-23(20-31(27)37)35-17-6-16-34/h2-21,34-35H,1H3/b17-6-,34-16?. The number of aromatic nitrogens is 3. The Bertz CT molecular complexity index is 2040. The normalized spacial score (nSPS) is 11.8. The molecule has 0 fully saturated rings. The number of pyridine rings is 1. The Morgan fingerprint density at radius 2 is 1.34 bits per heavy atom. The second-order valence-electron chi connectivity index (χ2n) is 9.50. The zero-order valence-electron chi connectivity index (χ0n) is 20.9. The van der Waals surface area contributed by atoms with Gasteiger partial charge in [0.2, 0.25) is 0 Å². The highest BCUT2D eigenvalue weighted by atomic mass is 15.1. The minimum absolute atomic E-state index is 0.917. The molecular formula is C33H25N5. The van der Waals surface area contributed by atoms with Crippen molar-refractivity contribution in [1.82, 2.24) is 14.1 Å². The molecule has 7 aromatic rings. The van der Waals surface area contributed by atoms with Crippen molar-refractivity contribution in [2.45, 2.75) is 6.92 Å². The zero-order chi connectivity index (χ0) is 25.6. The molecule has 0 aliphatic heterocycles. The lowest BCUT2D eigenvalue weighted by molar-refractivity contribution is 1.07. The average molecular weight is 492 g/mol. The number of hydrogen-bond donors (Lipinski definition) is 2. The molecule has 0 amide bonds. The van der Waals surface area contributed by atoms with E-state index in [4.69, 9.17) is 10.4 Å². The molecule has 7 rings (SSSR count). The molecule has 182 valence electrons. The van der Waals surface area contributed by atoms with Gasteiger partial charge in [-0.25, -0.2) is 4.98 Å². The van der Waals surface area contributed by atoms with Gasteiger partial charge in [0, 0.05) is 51.5 Å². The molecule has 0 aliphatic carbocycles. The number of aryl methyl sites for hydroxylation is 1. The molecule has 0 spiro atoms. The summed E-state index contributed by atoms with van der Waals surface area (Å²) in [7, 11) is 0. The van der Waals surface area contributed by atoms with E-state index in [9.17, 15) is 0 Å². The molecule has 0 saturated heterocycles. The molecule has 5 nitrogen and oxygen atoms in total. The Kier molecular flexibility index (Phi) is 5.08. The van der Waals surface area contributed by atoms with Crippen molar-refractivity contribution in [2.75, 3.05) is 5.32 Å². The molecule has 4 aromatic carbocycles. The fraction of sp³-hybridized carbons (Fsp3) is 0.0303. The largest absolute Gasteiger partial charge is 0.362 e. The van der Waals surface area contributed by atoms with Crippen LogP contribution in [-0.4, -0.2) is 20.3 Å². The third-order valence-electron chi connectivity index (χ3n) is 7.16. The lowest BCUT2D eigenvalue weighted by Gasteiger charge is -2.11. The number of para-hydroxylation sites is 2. The summed E-state index contributed by atoms with van der Waals surface area (Å²) in [4.78, 5) is 4.75. The molecule has 3 heterocycles. The maximum Gasteiger partial charge on any atom is 0.137 e. The Morgan fingerprint density at radius 3 is 2.08 bits per heavy atom. The number of nitrogens with one attached hydrogen (secondary N) is 2. The molecule has 0 saturated carbocycles. The van der Waals surface area contributed by atoms with E-state index < -0.39 is 0 Å². The van der Waals surface area contributed by atoms with E-state index in [-0.39, 0.29) is 0 Å². The minimum atomic E-state index is 0.917. The van der Waals surface area contributed by atoms with Gasteiger partial charge in [-0.1, -0.05) is 48.5 Å². The van der Waals surface area contributed by atoms with Crippen LogP contribution in [0.25, 0.3) is 55.1 Å². The molecule has 0 aliphatic rings. The van der Waals surface area contributed by atoms with Crippen molar-refractivity contribution in [2.24, 2.45) is 0 Å². The second-order valence-corrected chi connectivity index (χ2v) is 9.50. The summed E-state index contributed by atoms with van der Waals surface area (Å²) in [5.74, 6) is 0.917. The fourth-order valence-corrected chi connectivity index (χ4v) is 5.52.